The van der Waals surface area contributed by atoms with Crippen LogP contribution in [0.15, 0.2) is 200 Å². The zero-order valence-corrected chi connectivity index (χ0v) is 26.5. The third-order valence-electron chi connectivity index (χ3n) is 8.88. The van der Waals surface area contributed by atoms with Crippen molar-refractivity contribution in [2.75, 3.05) is 0 Å². The summed E-state index contributed by atoms with van der Waals surface area (Å²) in [5, 5.41) is 0. The first kappa shape index (κ1) is 29.1. The molecule has 1 aromatic heterocycles. The Morgan fingerprint density at radius 1 is 0.208 bits per heavy atom. The minimum Gasteiger partial charge on any atom is -0.248 e. The predicted octanol–water partition coefficient (Wildman–Crippen LogP) is 12.8. The largest absolute Gasteiger partial charge is 0.248 e. The van der Waals surface area contributed by atoms with E-state index in [4.69, 9.17) is 4.98 Å². The summed E-state index contributed by atoms with van der Waals surface area (Å²) in [6, 6.07) is 71.2. The number of hydrogen-bond acceptors (Lipinski definition) is 1. The minimum atomic E-state index is 0.963. The highest BCUT2D eigenvalue weighted by atomic mass is 14.7. The summed E-state index contributed by atoms with van der Waals surface area (Å²) in [5.74, 6) is 0. The van der Waals surface area contributed by atoms with Crippen molar-refractivity contribution in [1.82, 2.24) is 4.98 Å². The highest BCUT2D eigenvalue weighted by Crippen LogP contribution is 2.38. The topological polar surface area (TPSA) is 12.9 Å². The lowest BCUT2D eigenvalue weighted by Gasteiger charge is -2.15. The summed E-state index contributed by atoms with van der Waals surface area (Å²) in [4.78, 5) is 5.10. The van der Waals surface area contributed by atoms with E-state index in [1.165, 1.54) is 50.1 Å². The molecule has 0 N–H and O–H groups in total. The maximum Gasteiger partial charge on any atom is 0.0715 e. The Balaban J connectivity index is 1.21. The average Bonchev–Trinajstić information content (AvgIpc) is 3.19. The maximum atomic E-state index is 5.10. The first-order chi connectivity index (χ1) is 23.8. The van der Waals surface area contributed by atoms with E-state index in [0.717, 1.165) is 28.1 Å². The molecule has 0 bridgehead atoms. The third kappa shape index (κ3) is 6.10. The second kappa shape index (κ2) is 13.2. The fraction of sp³-hybridized carbons (Fsp3) is 0. The van der Waals surface area contributed by atoms with Gasteiger partial charge < -0.3 is 0 Å². The lowest BCUT2D eigenvalue weighted by molar-refractivity contribution is 1.32. The smallest absolute Gasteiger partial charge is 0.0715 e. The van der Waals surface area contributed by atoms with Crippen molar-refractivity contribution in [2.24, 2.45) is 0 Å². The summed E-state index contributed by atoms with van der Waals surface area (Å²) in [7, 11) is 0. The first-order valence-electron chi connectivity index (χ1n) is 16.4. The van der Waals surface area contributed by atoms with E-state index in [1.54, 1.807) is 0 Å². The van der Waals surface area contributed by atoms with Gasteiger partial charge in [0.05, 0.1) is 11.4 Å². The zero-order valence-electron chi connectivity index (χ0n) is 26.5. The Hall–Kier alpha value is -6.31. The molecule has 0 saturated heterocycles. The molecule has 0 spiro atoms. The lowest BCUT2D eigenvalue weighted by Crippen LogP contribution is -1.92. The molecule has 7 aromatic carbocycles. The van der Waals surface area contributed by atoms with Crippen LogP contribution in [0, 0.1) is 0 Å². The van der Waals surface area contributed by atoms with E-state index in [1.807, 2.05) is 12.1 Å². The number of rotatable bonds is 7. The van der Waals surface area contributed by atoms with Gasteiger partial charge in [0.15, 0.2) is 0 Å². The van der Waals surface area contributed by atoms with Gasteiger partial charge in [0.2, 0.25) is 0 Å². The number of nitrogens with zero attached hydrogens (tertiary/aromatic N) is 1. The highest BCUT2D eigenvalue weighted by Gasteiger charge is 2.13. The molecule has 0 unspecified atom stereocenters. The van der Waals surface area contributed by atoms with Crippen LogP contribution < -0.4 is 0 Å². The molecule has 8 aromatic rings. The fourth-order valence-electron chi connectivity index (χ4n) is 6.42. The van der Waals surface area contributed by atoms with Crippen LogP contribution in [0.2, 0.25) is 0 Å². The van der Waals surface area contributed by atoms with Crippen molar-refractivity contribution in [3.8, 4) is 78.1 Å². The second-order valence-corrected chi connectivity index (χ2v) is 12.0. The summed E-state index contributed by atoms with van der Waals surface area (Å²) >= 11 is 0. The quantitative estimate of drug-likeness (QED) is 0.175. The second-order valence-electron chi connectivity index (χ2n) is 12.0. The standard InChI is InChI=1S/C47H33N/c1-5-15-34(16-6-1)40-29-41(35-17-7-2-8-18-35)31-42(30-40)36-25-27-37(28-26-36)44-23-13-14-24-45(44)43-32-46(38-19-9-3-10-20-38)48-47(33-43)39-21-11-4-12-22-39/h1-33H. The van der Waals surface area contributed by atoms with Crippen LogP contribution in [-0.4, -0.2) is 4.98 Å². The molecule has 1 heteroatoms. The summed E-state index contributed by atoms with van der Waals surface area (Å²) in [6.45, 7) is 0. The monoisotopic (exact) mass is 611 g/mol. The molecule has 0 radical (unpaired) electrons. The van der Waals surface area contributed by atoms with E-state index >= 15 is 0 Å². The van der Waals surface area contributed by atoms with Crippen LogP contribution in [0.3, 0.4) is 0 Å². The highest BCUT2D eigenvalue weighted by molar-refractivity contribution is 5.88. The lowest BCUT2D eigenvalue weighted by atomic mass is 9.90. The van der Waals surface area contributed by atoms with E-state index < -0.39 is 0 Å². The van der Waals surface area contributed by atoms with Gasteiger partial charge in [0.1, 0.15) is 0 Å². The normalized spacial score (nSPS) is 10.9. The van der Waals surface area contributed by atoms with Crippen molar-refractivity contribution in [2.45, 2.75) is 0 Å². The molecule has 226 valence electrons. The Morgan fingerprint density at radius 2 is 0.521 bits per heavy atom. The van der Waals surface area contributed by atoms with Gasteiger partial charge in [-0.3, -0.25) is 0 Å². The van der Waals surface area contributed by atoms with Crippen molar-refractivity contribution < 1.29 is 0 Å². The van der Waals surface area contributed by atoms with E-state index in [-0.39, 0.29) is 0 Å². The fourth-order valence-corrected chi connectivity index (χ4v) is 6.42. The zero-order chi connectivity index (χ0) is 32.1. The van der Waals surface area contributed by atoms with Crippen LogP contribution in [0.5, 0.6) is 0 Å². The summed E-state index contributed by atoms with van der Waals surface area (Å²) in [5.41, 5.74) is 16.1. The van der Waals surface area contributed by atoms with E-state index in [2.05, 4.69) is 188 Å². The number of benzene rings is 7. The third-order valence-corrected chi connectivity index (χ3v) is 8.88. The SMILES string of the molecule is c1ccc(-c2cc(-c3ccccc3)cc(-c3ccc(-c4ccccc4-c4cc(-c5ccccc5)nc(-c5ccccc5)c4)cc3)c2)cc1. The Bertz CT molecular complexity index is 2180. The Labute approximate surface area is 282 Å². The van der Waals surface area contributed by atoms with Crippen LogP contribution in [0.25, 0.3) is 78.1 Å². The minimum absolute atomic E-state index is 0.963. The molecule has 0 saturated carbocycles. The Kier molecular flexibility index (Phi) is 8.01. The molecule has 0 aliphatic rings. The molecule has 0 atom stereocenters. The summed E-state index contributed by atoms with van der Waals surface area (Å²) in [6.07, 6.45) is 0. The van der Waals surface area contributed by atoms with Crippen molar-refractivity contribution in [3.05, 3.63) is 200 Å². The van der Waals surface area contributed by atoms with Crippen molar-refractivity contribution >= 4 is 0 Å². The van der Waals surface area contributed by atoms with Crippen LogP contribution in [0.4, 0.5) is 0 Å². The van der Waals surface area contributed by atoms with Gasteiger partial charge >= 0.3 is 0 Å². The van der Waals surface area contributed by atoms with Gasteiger partial charge in [-0.25, -0.2) is 4.98 Å². The van der Waals surface area contributed by atoms with Gasteiger partial charge in [-0.05, 0) is 86.0 Å². The van der Waals surface area contributed by atoms with Gasteiger partial charge in [0, 0.05) is 11.1 Å². The molecule has 1 heterocycles. The van der Waals surface area contributed by atoms with E-state index in [0.29, 0.717) is 0 Å². The van der Waals surface area contributed by atoms with Gasteiger partial charge in [0.25, 0.3) is 0 Å². The molecule has 8 rings (SSSR count). The maximum absolute atomic E-state index is 5.10. The summed E-state index contributed by atoms with van der Waals surface area (Å²) < 4.78 is 0. The van der Waals surface area contributed by atoms with Crippen LogP contribution >= 0.6 is 0 Å². The number of pyridine rings is 1. The molecule has 0 aliphatic heterocycles. The molecule has 0 amide bonds. The molecule has 0 fully saturated rings. The average molecular weight is 612 g/mol. The number of aromatic nitrogens is 1. The molecule has 48 heavy (non-hydrogen) atoms. The van der Waals surface area contributed by atoms with Crippen molar-refractivity contribution in [1.29, 1.82) is 0 Å². The molecular weight excluding hydrogens is 579 g/mol. The van der Waals surface area contributed by atoms with Crippen LogP contribution in [0.1, 0.15) is 0 Å². The predicted molar refractivity (Wildman–Crippen MR) is 202 cm³/mol. The van der Waals surface area contributed by atoms with Crippen molar-refractivity contribution in [3.63, 3.8) is 0 Å². The Morgan fingerprint density at radius 3 is 0.938 bits per heavy atom. The number of hydrogen-bond donors (Lipinski definition) is 0. The van der Waals surface area contributed by atoms with Gasteiger partial charge in [-0.15, -0.1) is 0 Å². The molecule has 1 nitrogen and oxygen atoms in total. The van der Waals surface area contributed by atoms with Gasteiger partial charge in [-0.1, -0.05) is 170 Å². The van der Waals surface area contributed by atoms with Crippen LogP contribution in [-0.2, 0) is 0 Å². The van der Waals surface area contributed by atoms with Gasteiger partial charge in [-0.2, -0.15) is 0 Å². The first-order valence-corrected chi connectivity index (χ1v) is 16.4. The van der Waals surface area contributed by atoms with E-state index in [9.17, 15) is 0 Å². The molecule has 0 aliphatic carbocycles. The molecular formula is C47H33N.